The normalized spacial score (nSPS) is 11.1. The number of carboxylic acids is 1. The fraction of sp³-hybridized carbons (Fsp3) is 0.0714. The van der Waals surface area contributed by atoms with Crippen LogP contribution in [0.25, 0.3) is 0 Å². The first-order chi connectivity index (χ1) is 9.70. The van der Waals surface area contributed by atoms with Gasteiger partial charge in [-0.3, -0.25) is 4.98 Å². The van der Waals surface area contributed by atoms with E-state index in [4.69, 9.17) is 10.3 Å². The van der Waals surface area contributed by atoms with Crippen molar-refractivity contribution in [2.75, 3.05) is 11.9 Å². The van der Waals surface area contributed by atoms with Gasteiger partial charge in [-0.25, -0.2) is 4.79 Å². The van der Waals surface area contributed by atoms with Crippen LogP contribution in [0.2, 0.25) is 0 Å². The Morgan fingerprint density at radius 1 is 1.25 bits per heavy atom. The first-order valence-corrected chi connectivity index (χ1v) is 5.90. The second-order valence-electron chi connectivity index (χ2n) is 4.00. The van der Waals surface area contributed by atoms with Crippen LogP contribution in [0.4, 0.5) is 5.69 Å². The summed E-state index contributed by atoms with van der Waals surface area (Å²) in [5.74, 6) is -1.05. The zero-order valence-corrected chi connectivity index (χ0v) is 10.5. The molecule has 1 heterocycles. The molecule has 0 saturated carbocycles. The molecule has 0 spiro atoms. The van der Waals surface area contributed by atoms with Gasteiger partial charge in [-0.15, -0.1) is 0 Å². The molecule has 0 radical (unpaired) electrons. The number of carbonyl (C=O) groups is 1. The molecule has 0 amide bonds. The van der Waals surface area contributed by atoms with Crippen LogP contribution in [-0.2, 0) is 0 Å². The maximum Gasteiger partial charge on any atom is 0.335 e. The van der Waals surface area contributed by atoms with Crippen LogP contribution in [-0.4, -0.2) is 33.5 Å². The standard InChI is InChI=1S/C14H13N3O3/c18-14(19)10-6-7-15-12(8-10)13(17-20)9-16-11-4-2-1-3-5-11/h1-8,16,20H,9H2,(H,18,19)/b17-13+. The van der Waals surface area contributed by atoms with Gasteiger partial charge in [0.05, 0.1) is 17.8 Å². The number of rotatable bonds is 5. The zero-order chi connectivity index (χ0) is 14.4. The van der Waals surface area contributed by atoms with Crippen molar-refractivity contribution in [3.05, 3.63) is 59.9 Å². The summed E-state index contributed by atoms with van der Waals surface area (Å²) in [6, 6.07) is 12.1. The molecule has 2 rings (SSSR count). The van der Waals surface area contributed by atoms with E-state index in [0.717, 1.165) is 5.69 Å². The van der Waals surface area contributed by atoms with Gasteiger partial charge in [0.15, 0.2) is 0 Å². The van der Waals surface area contributed by atoms with Crippen LogP contribution in [0.15, 0.2) is 53.8 Å². The molecule has 1 aromatic heterocycles. The molecule has 0 aliphatic rings. The first-order valence-electron chi connectivity index (χ1n) is 5.90. The molecule has 1 aromatic carbocycles. The second kappa shape index (κ2) is 6.33. The molecule has 0 unspecified atom stereocenters. The average molecular weight is 271 g/mol. The van der Waals surface area contributed by atoms with Gasteiger partial charge >= 0.3 is 5.97 Å². The number of aromatic nitrogens is 1. The van der Waals surface area contributed by atoms with E-state index in [1.54, 1.807) is 0 Å². The van der Waals surface area contributed by atoms with Gasteiger partial charge < -0.3 is 15.6 Å². The Morgan fingerprint density at radius 3 is 2.65 bits per heavy atom. The summed E-state index contributed by atoms with van der Waals surface area (Å²) in [4.78, 5) is 14.9. The summed E-state index contributed by atoms with van der Waals surface area (Å²) in [6.07, 6.45) is 1.37. The number of hydrogen-bond donors (Lipinski definition) is 3. The lowest BCUT2D eigenvalue weighted by Gasteiger charge is -2.08. The maximum atomic E-state index is 10.9. The van der Waals surface area contributed by atoms with E-state index in [1.165, 1.54) is 18.3 Å². The molecule has 3 N–H and O–H groups in total. The smallest absolute Gasteiger partial charge is 0.335 e. The van der Waals surface area contributed by atoms with Crippen molar-refractivity contribution in [1.82, 2.24) is 4.98 Å². The maximum absolute atomic E-state index is 10.9. The fourth-order valence-corrected chi connectivity index (χ4v) is 1.64. The Hall–Kier alpha value is -2.89. The molecule has 0 bridgehead atoms. The van der Waals surface area contributed by atoms with Crippen molar-refractivity contribution in [1.29, 1.82) is 0 Å². The van der Waals surface area contributed by atoms with Crippen LogP contribution >= 0.6 is 0 Å². The molecular formula is C14H13N3O3. The molecule has 0 aliphatic heterocycles. The van der Waals surface area contributed by atoms with Crippen LogP contribution in [0.3, 0.4) is 0 Å². The van der Waals surface area contributed by atoms with Gasteiger partial charge in [0.2, 0.25) is 0 Å². The molecule has 6 heteroatoms. The van der Waals surface area contributed by atoms with Crippen molar-refractivity contribution >= 4 is 17.4 Å². The summed E-state index contributed by atoms with van der Waals surface area (Å²) in [7, 11) is 0. The lowest BCUT2D eigenvalue weighted by atomic mass is 10.1. The van der Waals surface area contributed by atoms with Crippen LogP contribution in [0, 0.1) is 0 Å². The Kier molecular flexibility index (Phi) is 4.28. The quantitative estimate of drug-likeness (QED) is 0.439. The third-order valence-electron chi connectivity index (χ3n) is 2.66. The van der Waals surface area contributed by atoms with Gasteiger partial charge in [-0.05, 0) is 24.3 Å². The molecular weight excluding hydrogens is 258 g/mol. The Bertz CT molecular complexity index is 627. The predicted octanol–water partition coefficient (Wildman–Crippen LogP) is 2.07. The molecule has 0 fully saturated rings. The number of anilines is 1. The fourth-order valence-electron chi connectivity index (χ4n) is 1.64. The Balaban J connectivity index is 2.13. The monoisotopic (exact) mass is 271 g/mol. The summed E-state index contributed by atoms with van der Waals surface area (Å²) in [6.45, 7) is 0.233. The van der Waals surface area contributed by atoms with Crippen molar-refractivity contribution in [3.63, 3.8) is 0 Å². The largest absolute Gasteiger partial charge is 0.478 e. The van der Waals surface area contributed by atoms with E-state index in [2.05, 4.69) is 15.5 Å². The Labute approximate surface area is 115 Å². The highest BCUT2D eigenvalue weighted by atomic mass is 16.4. The third-order valence-corrected chi connectivity index (χ3v) is 2.66. The highest BCUT2D eigenvalue weighted by molar-refractivity contribution is 6.02. The highest BCUT2D eigenvalue weighted by Gasteiger charge is 2.10. The van der Waals surface area contributed by atoms with Crippen molar-refractivity contribution in [2.45, 2.75) is 0 Å². The van der Waals surface area contributed by atoms with Gasteiger partial charge in [0.1, 0.15) is 5.71 Å². The molecule has 20 heavy (non-hydrogen) atoms. The summed E-state index contributed by atoms with van der Waals surface area (Å²) < 4.78 is 0. The van der Waals surface area contributed by atoms with Gasteiger partial charge in [0, 0.05) is 11.9 Å². The number of pyridine rings is 1. The molecule has 0 saturated heterocycles. The molecule has 0 aliphatic carbocycles. The minimum absolute atomic E-state index is 0.0934. The van der Waals surface area contributed by atoms with E-state index >= 15 is 0 Å². The van der Waals surface area contributed by atoms with Crippen molar-refractivity contribution in [3.8, 4) is 0 Å². The Morgan fingerprint density at radius 2 is 2.00 bits per heavy atom. The molecule has 6 nitrogen and oxygen atoms in total. The highest BCUT2D eigenvalue weighted by Crippen LogP contribution is 2.07. The lowest BCUT2D eigenvalue weighted by Crippen LogP contribution is -2.17. The van der Waals surface area contributed by atoms with E-state index in [1.807, 2.05) is 30.3 Å². The topological polar surface area (TPSA) is 94.8 Å². The minimum atomic E-state index is -1.05. The summed E-state index contributed by atoms with van der Waals surface area (Å²) in [5.41, 5.74) is 1.53. The third kappa shape index (κ3) is 3.32. The number of aromatic carboxylic acids is 1. The van der Waals surface area contributed by atoms with Gasteiger partial charge in [0.25, 0.3) is 0 Å². The zero-order valence-electron chi connectivity index (χ0n) is 10.5. The van der Waals surface area contributed by atoms with Crippen molar-refractivity contribution < 1.29 is 15.1 Å². The summed E-state index contributed by atoms with van der Waals surface area (Å²) >= 11 is 0. The first kappa shape index (κ1) is 13.5. The van der Waals surface area contributed by atoms with E-state index in [0.29, 0.717) is 5.69 Å². The van der Waals surface area contributed by atoms with E-state index in [9.17, 15) is 4.79 Å². The number of oxime groups is 1. The van der Waals surface area contributed by atoms with E-state index in [-0.39, 0.29) is 17.8 Å². The van der Waals surface area contributed by atoms with E-state index < -0.39 is 5.97 Å². The number of para-hydroxylation sites is 1. The van der Waals surface area contributed by atoms with Crippen LogP contribution < -0.4 is 5.32 Å². The number of nitrogens with zero attached hydrogens (tertiary/aromatic N) is 2. The minimum Gasteiger partial charge on any atom is -0.478 e. The van der Waals surface area contributed by atoms with Crippen LogP contribution in [0.1, 0.15) is 16.1 Å². The SMILES string of the molecule is O=C(O)c1ccnc(/C(CNc2ccccc2)=N/O)c1. The number of carboxylic acid groups (broad SMARTS) is 1. The predicted molar refractivity (Wildman–Crippen MR) is 74.5 cm³/mol. The number of benzene rings is 1. The van der Waals surface area contributed by atoms with Crippen molar-refractivity contribution in [2.24, 2.45) is 5.16 Å². The number of nitrogens with one attached hydrogen (secondary N) is 1. The lowest BCUT2D eigenvalue weighted by molar-refractivity contribution is 0.0696. The average Bonchev–Trinajstić information content (AvgIpc) is 2.49. The molecule has 2 aromatic rings. The van der Waals surface area contributed by atoms with Gasteiger partial charge in [-0.1, -0.05) is 23.4 Å². The molecule has 0 atom stereocenters. The van der Waals surface area contributed by atoms with Crippen LogP contribution in [0.5, 0.6) is 0 Å². The number of hydrogen-bond acceptors (Lipinski definition) is 5. The molecule has 102 valence electrons. The summed E-state index contributed by atoms with van der Waals surface area (Å²) in [5, 5.41) is 24.2. The second-order valence-corrected chi connectivity index (χ2v) is 4.00. The van der Waals surface area contributed by atoms with Gasteiger partial charge in [-0.2, -0.15) is 0 Å².